The number of primary amides is 1. The van der Waals surface area contributed by atoms with Gasteiger partial charge in [0, 0.05) is 36.5 Å². The minimum absolute atomic E-state index is 0. The summed E-state index contributed by atoms with van der Waals surface area (Å²) in [6.07, 6.45) is 4.26. The van der Waals surface area contributed by atoms with Gasteiger partial charge in [0.05, 0.1) is 18.5 Å². The molecule has 196 valence electrons. The molecule has 0 spiro atoms. The highest BCUT2D eigenvalue weighted by atomic mass is 19.1. The third-order valence-corrected chi connectivity index (χ3v) is 5.10. The first-order chi connectivity index (χ1) is 17.2. The standard InChI is InChI=1S/C23H24FN7O.C2H5NO.CH4/c1-4-13(2)28-23-26-10-9-17(29-23)20-19(15-11-18(32-3)21(25)27-12-15)30-22(31-20)14-5-7-16(24)8-6-14;1-2(3)4;/h5-13H,4H2,1-3H3,(H2,25,27)(H,30,31)(H,26,28,29);1H3,(H2,3,4);1H4. The average molecular weight is 509 g/mol. The molecule has 0 saturated carbocycles. The molecular weight excluding hydrogens is 475 g/mol. The van der Waals surface area contributed by atoms with Crippen LogP contribution in [0.15, 0.2) is 48.8 Å². The molecule has 3 heterocycles. The number of anilines is 2. The van der Waals surface area contributed by atoms with Crippen molar-refractivity contribution in [3.63, 3.8) is 0 Å². The summed E-state index contributed by atoms with van der Waals surface area (Å²) >= 11 is 0. The number of ether oxygens (including phenoxy) is 1. The normalized spacial score (nSPS) is 10.9. The van der Waals surface area contributed by atoms with Gasteiger partial charge in [0.15, 0.2) is 11.6 Å². The number of carbonyl (C=O) groups excluding carboxylic acids is 1. The number of nitrogens with zero attached hydrogens (tertiary/aromatic N) is 4. The summed E-state index contributed by atoms with van der Waals surface area (Å²) < 4.78 is 18.8. The largest absolute Gasteiger partial charge is 0.493 e. The van der Waals surface area contributed by atoms with Crippen molar-refractivity contribution in [2.45, 2.75) is 40.7 Å². The lowest BCUT2D eigenvalue weighted by molar-refractivity contribution is -0.115. The van der Waals surface area contributed by atoms with Crippen LogP contribution >= 0.6 is 0 Å². The van der Waals surface area contributed by atoms with Gasteiger partial charge in [-0.25, -0.2) is 24.3 Å². The van der Waals surface area contributed by atoms with Gasteiger partial charge < -0.3 is 26.5 Å². The molecular formula is C26H33FN8O2. The lowest BCUT2D eigenvalue weighted by Crippen LogP contribution is -2.15. The number of nitrogen functional groups attached to an aromatic ring is 1. The Balaban J connectivity index is 0.000000898. The molecule has 10 nitrogen and oxygen atoms in total. The van der Waals surface area contributed by atoms with E-state index in [-0.39, 0.29) is 31.0 Å². The van der Waals surface area contributed by atoms with E-state index in [2.05, 4.69) is 44.8 Å². The van der Waals surface area contributed by atoms with Gasteiger partial charge in [-0.05, 0) is 49.7 Å². The Morgan fingerprint density at radius 1 is 1.16 bits per heavy atom. The molecule has 1 amide bonds. The van der Waals surface area contributed by atoms with Crippen molar-refractivity contribution in [2.24, 2.45) is 5.73 Å². The van der Waals surface area contributed by atoms with Crippen LogP contribution in [0.25, 0.3) is 34.0 Å². The van der Waals surface area contributed by atoms with Crippen LogP contribution in [-0.2, 0) is 4.79 Å². The number of rotatable bonds is 7. The molecule has 0 aliphatic heterocycles. The molecule has 1 unspecified atom stereocenters. The van der Waals surface area contributed by atoms with E-state index in [1.165, 1.54) is 26.2 Å². The zero-order valence-corrected chi connectivity index (χ0v) is 20.5. The highest BCUT2D eigenvalue weighted by molar-refractivity contribution is 5.80. The second kappa shape index (κ2) is 13.0. The van der Waals surface area contributed by atoms with Gasteiger partial charge in [0.2, 0.25) is 11.9 Å². The van der Waals surface area contributed by atoms with E-state index in [0.717, 1.165) is 12.0 Å². The summed E-state index contributed by atoms with van der Waals surface area (Å²) in [5.41, 5.74) is 13.7. The monoisotopic (exact) mass is 508 g/mol. The minimum Gasteiger partial charge on any atom is -0.493 e. The van der Waals surface area contributed by atoms with Crippen LogP contribution in [-0.4, -0.2) is 44.0 Å². The maximum atomic E-state index is 13.4. The molecule has 0 saturated heterocycles. The van der Waals surface area contributed by atoms with E-state index < -0.39 is 0 Å². The van der Waals surface area contributed by atoms with Crippen LogP contribution in [0.2, 0.25) is 0 Å². The van der Waals surface area contributed by atoms with Crippen molar-refractivity contribution in [2.75, 3.05) is 18.2 Å². The number of H-pyrrole nitrogens is 1. The number of benzene rings is 1. The molecule has 11 heteroatoms. The van der Waals surface area contributed by atoms with Gasteiger partial charge in [0.25, 0.3) is 0 Å². The van der Waals surface area contributed by atoms with E-state index in [0.29, 0.717) is 40.2 Å². The Bertz CT molecular complexity index is 1320. The number of aromatic amines is 1. The highest BCUT2D eigenvalue weighted by Gasteiger charge is 2.19. The van der Waals surface area contributed by atoms with Crippen molar-refractivity contribution in [3.05, 3.63) is 54.6 Å². The Labute approximate surface area is 215 Å². The summed E-state index contributed by atoms with van der Waals surface area (Å²) in [5, 5.41) is 3.28. The van der Waals surface area contributed by atoms with Gasteiger partial charge >= 0.3 is 0 Å². The molecule has 0 aliphatic rings. The molecule has 0 radical (unpaired) electrons. The van der Waals surface area contributed by atoms with Crippen molar-refractivity contribution in [1.82, 2.24) is 24.9 Å². The number of amides is 1. The van der Waals surface area contributed by atoms with E-state index in [1.54, 1.807) is 36.7 Å². The van der Waals surface area contributed by atoms with Crippen molar-refractivity contribution < 1.29 is 13.9 Å². The third-order valence-electron chi connectivity index (χ3n) is 5.10. The van der Waals surface area contributed by atoms with Crippen LogP contribution in [0.1, 0.15) is 34.6 Å². The fraction of sp³-hybridized carbons (Fsp3) is 0.269. The molecule has 0 aliphatic carbocycles. The smallest absolute Gasteiger partial charge is 0.223 e. The van der Waals surface area contributed by atoms with Gasteiger partial charge in [-0.2, -0.15) is 0 Å². The lowest BCUT2D eigenvalue weighted by atomic mass is 10.1. The Hall–Kier alpha value is -4.54. The second-order valence-electron chi connectivity index (χ2n) is 7.96. The van der Waals surface area contributed by atoms with Gasteiger partial charge in [0.1, 0.15) is 17.3 Å². The molecule has 1 aromatic carbocycles. The van der Waals surface area contributed by atoms with Crippen molar-refractivity contribution in [1.29, 1.82) is 0 Å². The van der Waals surface area contributed by atoms with Crippen molar-refractivity contribution in [3.8, 4) is 39.8 Å². The van der Waals surface area contributed by atoms with E-state index in [9.17, 15) is 9.18 Å². The number of aromatic nitrogens is 5. The average Bonchev–Trinajstić information content (AvgIpc) is 3.30. The van der Waals surface area contributed by atoms with Crippen LogP contribution in [0.5, 0.6) is 5.75 Å². The van der Waals surface area contributed by atoms with E-state index >= 15 is 0 Å². The minimum atomic E-state index is -0.333. The maximum Gasteiger partial charge on any atom is 0.223 e. The fourth-order valence-electron chi connectivity index (χ4n) is 3.15. The van der Waals surface area contributed by atoms with Crippen LogP contribution in [0, 0.1) is 5.82 Å². The Morgan fingerprint density at radius 3 is 2.46 bits per heavy atom. The predicted molar refractivity (Wildman–Crippen MR) is 144 cm³/mol. The zero-order chi connectivity index (χ0) is 26.2. The number of imidazole rings is 1. The lowest BCUT2D eigenvalue weighted by Gasteiger charge is -2.12. The Morgan fingerprint density at radius 2 is 1.84 bits per heavy atom. The number of hydrogen-bond acceptors (Lipinski definition) is 8. The first-order valence-electron chi connectivity index (χ1n) is 11.2. The maximum absolute atomic E-state index is 13.4. The van der Waals surface area contributed by atoms with E-state index in [4.69, 9.17) is 15.5 Å². The summed E-state index contributed by atoms with van der Waals surface area (Å²) in [6.45, 7) is 5.46. The number of hydrogen-bond donors (Lipinski definition) is 4. The molecule has 6 N–H and O–H groups in total. The quantitative estimate of drug-likeness (QED) is 0.280. The molecule has 0 bridgehead atoms. The van der Waals surface area contributed by atoms with Crippen LogP contribution in [0.4, 0.5) is 16.2 Å². The third kappa shape index (κ3) is 7.47. The first-order valence-corrected chi connectivity index (χ1v) is 11.2. The summed E-state index contributed by atoms with van der Waals surface area (Å²) in [4.78, 5) is 30.5. The molecule has 3 aromatic heterocycles. The van der Waals surface area contributed by atoms with Crippen LogP contribution < -0.4 is 21.5 Å². The zero-order valence-electron chi connectivity index (χ0n) is 20.5. The summed E-state index contributed by atoms with van der Waals surface area (Å²) in [5.74, 6) is 1.18. The second-order valence-corrected chi connectivity index (χ2v) is 7.96. The first kappa shape index (κ1) is 28.7. The van der Waals surface area contributed by atoms with Crippen molar-refractivity contribution >= 4 is 17.7 Å². The number of nitrogens with one attached hydrogen (secondary N) is 2. The SMILES string of the molecule is C.CC(N)=O.CCC(C)Nc1nccc(-c2[nH]c(-c3ccc(F)cc3)nc2-c2cnc(N)c(OC)c2)n1. The van der Waals surface area contributed by atoms with Crippen LogP contribution in [0.3, 0.4) is 0 Å². The number of methoxy groups -OCH3 is 1. The molecule has 4 rings (SSSR count). The summed E-state index contributed by atoms with van der Waals surface area (Å²) in [7, 11) is 1.53. The predicted octanol–water partition coefficient (Wildman–Crippen LogP) is 4.66. The molecule has 4 aromatic rings. The Kier molecular flexibility index (Phi) is 10.1. The molecule has 1 atom stereocenters. The van der Waals surface area contributed by atoms with E-state index in [1.807, 2.05) is 0 Å². The molecule has 0 fully saturated rings. The number of carbonyl (C=O) groups is 1. The number of nitrogens with two attached hydrogens (primary N) is 2. The van der Waals surface area contributed by atoms with Gasteiger partial charge in [-0.3, -0.25) is 4.79 Å². The fourth-order valence-corrected chi connectivity index (χ4v) is 3.15. The van der Waals surface area contributed by atoms with Gasteiger partial charge in [-0.15, -0.1) is 0 Å². The number of pyridine rings is 1. The highest BCUT2D eigenvalue weighted by Crippen LogP contribution is 2.34. The van der Waals surface area contributed by atoms with Gasteiger partial charge in [-0.1, -0.05) is 14.4 Å². The molecule has 37 heavy (non-hydrogen) atoms. The number of halogens is 1. The summed E-state index contributed by atoms with van der Waals surface area (Å²) in [6, 6.07) is 9.92. The topological polar surface area (TPSA) is 158 Å².